The van der Waals surface area contributed by atoms with Crippen LogP contribution in [0.25, 0.3) is 0 Å². The van der Waals surface area contributed by atoms with E-state index in [0.717, 1.165) is 4.90 Å². The molecule has 0 fully saturated rings. The number of rotatable bonds is 8. The molecule has 7 heteroatoms. The SMILES string of the molecule is CC(CO)C(C)NS(=O)(=O)CCSc1ccc(N)cc1. The van der Waals surface area contributed by atoms with Gasteiger partial charge in [-0.25, -0.2) is 13.1 Å². The summed E-state index contributed by atoms with van der Waals surface area (Å²) in [6.45, 7) is 3.52. The van der Waals surface area contributed by atoms with E-state index in [0.29, 0.717) is 11.4 Å². The molecule has 0 aliphatic heterocycles. The molecule has 114 valence electrons. The number of hydrogen-bond acceptors (Lipinski definition) is 5. The van der Waals surface area contributed by atoms with Gasteiger partial charge < -0.3 is 10.8 Å². The van der Waals surface area contributed by atoms with Crippen molar-refractivity contribution in [2.75, 3.05) is 23.8 Å². The van der Waals surface area contributed by atoms with Crippen molar-refractivity contribution in [2.24, 2.45) is 5.92 Å². The van der Waals surface area contributed by atoms with E-state index in [9.17, 15) is 8.42 Å². The molecule has 0 aromatic heterocycles. The van der Waals surface area contributed by atoms with Crippen molar-refractivity contribution in [1.29, 1.82) is 0 Å². The van der Waals surface area contributed by atoms with Crippen LogP contribution >= 0.6 is 11.8 Å². The first-order valence-electron chi connectivity index (χ1n) is 6.43. The highest BCUT2D eigenvalue weighted by Crippen LogP contribution is 2.19. The second-order valence-electron chi connectivity index (χ2n) is 4.80. The second-order valence-corrected chi connectivity index (χ2v) is 7.84. The van der Waals surface area contributed by atoms with E-state index in [1.54, 1.807) is 26.0 Å². The first kappa shape index (κ1) is 17.3. The van der Waals surface area contributed by atoms with Crippen molar-refractivity contribution < 1.29 is 13.5 Å². The molecule has 0 radical (unpaired) electrons. The molecule has 2 atom stereocenters. The molecule has 0 amide bonds. The van der Waals surface area contributed by atoms with Gasteiger partial charge in [0.1, 0.15) is 0 Å². The minimum absolute atomic E-state index is 0.0378. The number of nitrogen functional groups attached to an aromatic ring is 1. The Labute approximate surface area is 125 Å². The van der Waals surface area contributed by atoms with Gasteiger partial charge in [0.2, 0.25) is 10.0 Å². The number of nitrogens with two attached hydrogens (primary N) is 1. The molecule has 0 spiro atoms. The molecule has 0 saturated heterocycles. The molecule has 1 aromatic carbocycles. The third-order valence-electron chi connectivity index (χ3n) is 3.01. The average Bonchev–Trinajstić information content (AvgIpc) is 2.39. The average molecular weight is 318 g/mol. The van der Waals surface area contributed by atoms with Crippen LogP contribution in [0.3, 0.4) is 0 Å². The quantitative estimate of drug-likeness (QED) is 0.496. The molecule has 1 rings (SSSR count). The molecule has 2 unspecified atom stereocenters. The van der Waals surface area contributed by atoms with Gasteiger partial charge in [0.05, 0.1) is 5.75 Å². The number of aliphatic hydroxyl groups excluding tert-OH is 1. The minimum atomic E-state index is -3.32. The van der Waals surface area contributed by atoms with Gasteiger partial charge in [0, 0.05) is 29.0 Å². The summed E-state index contributed by atoms with van der Waals surface area (Å²) >= 11 is 1.47. The molecule has 20 heavy (non-hydrogen) atoms. The number of nitrogens with one attached hydrogen (secondary N) is 1. The van der Waals surface area contributed by atoms with Crippen LogP contribution in [0.4, 0.5) is 5.69 Å². The van der Waals surface area contributed by atoms with Crippen LogP contribution in [-0.2, 0) is 10.0 Å². The number of thioether (sulfide) groups is 1. The summed E-state index contributed by atoms with van der Waals surface area (Å²) in [5.74, 6) is 0.416. The van der Waals surface area contributed by atoms with E-state index in [2.05, 4.69) is 4.72 Å². The highest BCUT2D eigenvalue weighted by molar-refractivity contribution is 8.00. The monoisotopic (exact) mass is 318 g/mol. The number of hydrogen-bond donors (Lipinski definition) is 3. The normalized spacial score (nSPS) is 14.9. The van der Waals surface area contributed by atoms with Gasteiger partial charge >= 0.3 is 0 Å². The zero-order chi connectivity index (χ0) is 15.2. The fourth-order valence-electron chi connectivity index (χ4n) is 1.45. The van der Waals surface area contributed by atoms with Gasteiger partial charge in [-0.1, -0.05) is 6.92 Å². The predicted molar refractivity (Wildman–Crippen MR) is 84.2 cm³/mol. The Hall–Kier alpha value is -0.760. The summed E-state index contributed by atoms with van der Waals surface area (Å²) in [5, 5.41) is 9.00. The number of aliphatic hydroxyl groups is 1. The molecular formula is C13H22N2O3S2. The van der Waals surface area contributed by atoms with Gasteiger partial charge in [-0.15, -0.1) is 11.8 Å². The van der Waals surface area contributed by atoms with E-state index < -0.39 is 10.0 Å². The standard InChI is InChI=1S/C13H22N2O3S2/c1-10(9-16)11(2)15-20(17,18)8-7-19-13-5-3-12(14)4-6-13/h3-6,10-11,15-16H,7-9,14H2,1-2H3. The Morgan fingerprint density at radius 1 is 1.30 bits per heavy atom. The van der Waals surface area contributed by atoms with Crippen molar-refractivity contribution in [3.63, 3.8) is 0 Å². The lowest BCUT2D eigenvalue weighted by Crippen LogP contribution is -2.39. The second kappa shape index (κ2) is 7.87. The molecule has 0 saturated carbocycles. The third kappa shape index (κ3) is 6.13. The van der Waals surface area contributed by atoms with Crippen LogP contribution in [0.15, 0.2) is 29.2 Å². The highest BCUT2D eigenvalue weighted by Gasteiger charge is 2.18. The van der Waals surface area contributed by atoms with Crippen LogP contribution in [0, 0.1) is 5.92 Å². The lowest BCUT2D eigenvalue weighted by molar-refractivity contribution is 0.216. The zero-order valence-electron chi connectivity index (χ0n) is 11.7. The Morgan fingerprint density at radius 3 is 2.45 bits per heavy atom. The van der Waals surface area contributed by atoms with Gasteiger partial charge in [-0.3, -0.25) is 0 Å². The van der Waals surface area contributed by atoms with Gasteiger partial charge in [-0.05, 0) is 37.1 Å². The molecule has 0 aliphatic rings. The van der Waals surface area contributed by atoms with E-state index in [1.807, 2.05) is 12.1 Å². The molecule has 1 aromatic rings. The van der Waals surface area contributed by atoms with E-state index in [-0.39, 0.29) is 24.3 Å². The van der Waals surface area contributed by atoms with Crippen molar-refractivity contribution in [3.05, 3.63) is 24.3 Å². The van der Waals surface area contributed by atoms with Crippen molar-refractivity contribution in [2.45, 2.75) is 24.8 Å². The Kier molecular flexibility index (Phi) is 6.81. The van der Waals surface area contributed by atoms with Crippen LogP contribution in [0.1, 0.15) is 13.8 Å². The summed E-state index contributed by atoms with van der Waals surface area (Å²) in [6, 6.07) is 7.05. The third-order valence-corrected chi connectivity index (χ3v) is 5.75. The van der Waals surface area contributed by atoms with Crippen molar-refractivity contribution in [3.8, 4) is 0 Å². The summed E-state index contributed by atoms with van der Waals surface area (Å²) in [5.41, 5.74) is 6.28. The molecule has 5 nitrogen and oxygen atoms in total. The van der Waals surface area contributed by atoms with Crippen molar-refractivity contribution in [1.82, 2.24) is 4.72 Å². The Bertz CT molecular complexity index is 503. The van der Waals surface area contributed by atoms with E-state index >= 15 is 0 Å². The maximum absolute atomic E-state index is 11.9. The van der Waals surface area contributed by atoms with Gasteiger partial charge in [0.25, 0.3) is 0 Å². The van der Waals surface area contributed by atoms with Crippen LogP contribution in [0.5, 0.6) is 0 Å². The number of sulfonamides is 1. The van der Waals surface area contributed by atoms with Crippen LogP contribution in [0.2, 0.25) is 0 Å². The molecule has 0 aliphatic carbocycles. The fraction of sp³-hybridized carbons (Fsp3) is 0.538. The summed E-state index contributed by atoms with van der Waals surface area (Å²) in [6.07, 6.45) is 0. The number of benzene rings is 1. The predicted octanol–water partition coefficient (Wildman–Crippen LogP) is 1.30. The first-order valence-corrected chi connectivity index (χ1v) is 9.07. The Balaban J connectivity index is 2.41. The summed E-state index contributed by atoms with van der Waals surface area (Å²) < 4.78 is 26.3. The van der Waals surface area contributed by atoms with E-state index in [1.165, 1.54) is 11.8 Å². The van der Waals surface area contributed by atoms with Crippen LogP contribution in [-0.4, -0.2) is 37.7 Å². The summed E-state index contributed by atoms with van der Waals surface area (Å²) in [7, 11) is -3.32. The maximum atomic E-state index is 11.9. The Morgan fingerprint density at radius 2 is 1.90 bits per heavy atom. The van der Waals surface area contributed by atoms with Crippen LogP contribution < -0.4 is 10.5 Å². The lowest BCUT2D eigenvalue weighted by atomic mass is 10.1. The minimum Gasteiger partial charge on any atom is -0.399 e. The zero-order valence-corrected chi connectivity index (χ0v) is 13.4. The molecule has 0 heterocycles. The van der Waals surface area contributed by atoms with Crippen molar-refractivity contribution >= 4 is 27.5 Å². The summed E-state index contributed by atoms with van der Waals surface area (Å²) in [4.78, 5) is 0.992. The molecule has 4 N–H and O–H groups in total. The fourth-order valence-corrected chi connectivity index (χ4v) is 4.14. The number of anilines is 1. The van der Waals surface area contributed by atoms with E-state index in [4.69, 9.17) is 10.8 Å². The van der Waals surface area contributed by atoms with Gasteiger partial charge in [-0.2, -0.15) is 0 Å². The maximum Gasteiger partial charge on any atom is 0.212 e. The molecular weight excluding hydrogens is 296 g/mol. The molecule has 0 bridgehead atoms. The topological polar surface area (TPSA) is 92.4 Å². The smallest absolute Gasteiger partial charge is 0.212 e. The lowest BCUT2D eigenvalue weighted by Gasteiger charge is -2.19. The van der Waals surface area contributed by atoms with Gasteiger partial charge in [0.15, 0.2) is 0 Å². The largest absolute Gasteiger partial charge is 0.399 e. The first-order chi connectivity index (χ1) is 9.34. The highest BCUT2D eigenvalue weighted by atomic mass is 32.2.